The molecule has 0 bridgehead atoms. The van der Waals surface area contributed by atoms with E-state index in [9.17, 15) is 4.79 Å². The summed E-state index contributed by atoms with van der Waals surface area (Å²) in [5.74, 6) is 0. The number of hydrogen-bond acceptors (Lipinski definition) is 4. The van der Waals surface area contributed by atoms with E-state index in [1.54, 1.807) is 7.05 Å². The number of aryl methyl sites for hydroxylation is 1. The van der Waals surface area contributed by atoms with E-state index in [1.807, 2.05) is 18.2 Å². The Kier molecular flexibility index (Phi) is 3.51. The van der Waals surface area contributed by atoms with Gasteiger partial charge in [-0.2, -0.15) is 15.0 Å². The standard InChI is InChI=1S/C13H17N5O2/c1-18-16-11-4-2-3-10(12(11)17-18)15-13(19)14-9-5-7-20-8-6-9/h2-4,9H,5-8H2,1H3,(H2,14,15,19). The molecule has 20 heavy (non-hydrogen) atoms. The highest BCUT2D eigenvalue weighted by Crippen LogP contribution is 2.19. The normalized spacial score (nSPS) is 16.2. The lowest BCUT2D eigenvalue weighted by Crippen LogP contribution is -2.41. The first-order valence-corrected chi connectivity index (χ1v) is 6.68. The average Bonchev–Trinajstić information content (AvgIpc) is 2.81. The van der Waals surface area contributed by atoms with Crippen LogP contribution in [0, 0.1) is 0 Å². The lowest BCUT2D eigenvalue weighted by Gasteiger charge is -2.23. The van der Waals surface area contributed by atoms with Crippen molar-refractivity contribution in [3.63, 3.8) is 0 Å². The number of anilines is 1. The lowest BCUT2D eigenvalue weighted by atomic mass is 10.1. The van der Waals surface area contributed by atoms with Gasteiger partial charge in [0.05, 0.1) is 5.69 Å². The quantitative estimate of drug-likeness (QED) is 0.864. The van der Waals surface area contributed by atoms with Crippen LogP contribution in [0.2, 0.25) is 0 Å². The van der Waals surface area contributed by atoms with Crippen molar-refractivity contribution in [2.75, 3.05) is 18.5 Å². The number of carbonyl (C=O) groups excluding carboxylic acids is 1. The highest BCUT2D eigenvalue weighted by atomic mass is 16.5. The molecule has 0 saturated carbocycles. The Hall–Kier alpha value is -2.15. The molecule has 0 unspecified atom stereocenters. The maximum atomic E-state index is 12.0. The Labute approximate surface area is 116 Å². The number of urea groups is 1. The molecule has 7 nitrogen and oxygen atoms in total. The first-order chi connectivity index (χ1) is 9.72. The number of fused-ring (bicyclic) bond motifs is 1. The van der Waals surface area contributed by atoms with E-state index in [4.69, 9.17) is 4.74 Å². The zero-order valence-electron chi connectivity index (χ0n) is 11.3. The SMILES string of the molecule is Cn1nc2cccc(NC(=O)NC3CCOCC3)c2n1. The summed E-state index contributed by atoms with van der Waals surface area (Å²) in [7, 11) is 1.76. The van der Waals surface area contributed by atoms with Crippen LogP contribution in [0.3, 0.4) is 0 Å². The van der Waals surface area contributed by atoms with Crippen LogP contribution in [-0.4, -0.2) is 40.3 Å². The van der Waals surface area contributed by atoms with Gasteiger partial charge in [-0.1, -0.05) is 6.07 Å². The number of carbonyl (C=O) groups is 1. The summed E-state index contributed by atoms with van der Waals surface area (Å²) in [6.45, 7) is 1.40. The first kappa shape index (κ1) is 12.9. The van der Waals surface area contributed by atoms with Gasteiger partial charge in [-0.15, -0.1) is 0 Å². The Balaban J connectivity index is 1.70. The predicted octanol–water partition coefficient (Wildman–Crippen LogP) is 1.27. The van der Waals surface area contributed by atoms with Crippen LogP contribution in [0.25, 0.3) is 11.0 Å². The Morgan fingerprint density at radius 1 is 1.35 bits per heavy atom. The summed E-state index contributed by atoms with van der Waals surface area (Å²) in [5.41, 5.74) is 2.12. The number of ether oxygens (including phenoxy) is 1. The van der Waals surface area contributed by atoms with Crippen LogP contribution < -0.4 is 10.6 Å². The molecule has 1 aliphatic heterocycles. The number of rotatable bonds is 2. The monoisotopic (exact) mass is 275 g/mol. The predicted molar refractivity (Wildman–Crippen MR) is 74.5 cm³/mol. The minimum Gasteiger partial charge on any atom is -0.381 e. The van der Waals surface area contributed by atoms with E-state index in [0.717, 1.165) is 18.4 Å². The summed E-state index contributed by atoms with van der Waals surface area (Å²) in [6, 6.07) is 5.49. The van der Waals surface area contributed by atoms with Crippen molar-refractivity contribution < 1.29 is 9.53 Å². The van der Waals surface area contributed by atoms with Crippen molar-refractivity contribution in [2.24, 2.45) is 7.05 Å². The third-order valence-corrected chi connectivity index (χ3v) is 3.32. The number of nitrogens with zero attached hydrogens (tertiary/aromatic N) is 3. The molecule has 2 N–H and O–H groups in total. The molecule has 2 heterocycles. The van der Waals surface area contributed by atoms with Gasteiger partial charge in [0.25, 0.3) is 0 Å². The van der Waals surface area contributed by atoms with E-state index in [2.05, 4.69) is 20.8 Å². The van der Waals surface area contributed by atoms with Gasteiger partial charge in [0.2, 0.25) is 0 Å². The summed E-state index contributed by atoms with van der Waals surface area (Å²) in [4.78, 5) is 13.5. The first-order valence-electron chi connectivity index (χ1n) is 6.68. The average molecular weight is 275 g/mol. The Bertz CT molecular complexity index is 618. The molecule has 106 valence electrons. The second-order valence-electron chi connectivity index (χ2n) is 4.85. The van der Waals surface area contributed by atoms with Gasteiger partial charge in [-0.05, 0) is 25.0 Å². The van der Waals surface area contributed by atoms with Crippen molar-refractivity contribution in [3.8, 4) is 0 Å². The minimum atomic E-state index is -0.213. The van der Waals surface area contributed by atoms with Gasteiger partial charge in [-0.3, -0.25) is 0 Å². The van der Waals surface area contributed by atoms with Crippen molar-refractivity contribution in [2.45, 2.75) is 18.9 Å². The second-order valence-corrected chi connectivity index (χ2v) is 4.85. The largest absolute Gasteiger partial charge is 0.381 e. The van der Waals surface area contributed by atoms with Crippen molar-refractivity contribution in [1.29, 1.82) is 0 Å². The van der Waals surface area contributed by atoms with E-state index in [1.165, 1.54) is 4.80 Å². The van der Waals surface area contributed by atoms with E-state index in [-0.39, 0.29) is 12.1 Å². The van der Waals surface area contributed by atoms with Crippen LogP contribution in [0.15, 0.2) is 18.2 Å². The van der Waals surface area contributed by atoms with Gasteiger partial charge in [0, 0.05) is 26.3 Å². The fraction of sp³-hybridized carbons (Fsp3) is 0.462. The molecule has 7 heteroatoms. The molecular formula is C13H17N5O2. The maximum Gasteiger partial charge on any atom is 0.319 e. The third kappa shape index (κ3) is 2.72. The molecule has 1 aromatic carbocycles. The van der Waals surface area contributed by atoms with Crippen molar-refractivity contribution in [1.82, 2.24) is 20.3 Å². The molecule has 1 saturated heterocycles. The molecular weight excluding hydrogens is 258 g/mol. The highest BCUT2D eigenvalue weighted by molar-refractivity contribution is 5.98. The molecule has 1 fully saturated rings. The lowest BCUT2D eigenvalue weighted by molar-refractivity contribution is 0.0806. The van der Waals surface area contributed by atoms with Crippen LogP contribution >= 0.6 is 0 Å². The van der Waals surface area contributed by atoms with Crippen molar-refractivity contribution in [3.05, 3.63) is 18.2 Å². The summed E-state index contributed by atoms with van der Waals surface area (Å²) in [6.07, 6.45) is 1.70. The van der Waals surface area contributed by atoms with Crippen LogP contribution in [0.1, 0.15) is 12.8 Å². The molecule has 2 amide bonds. The maximum absolute atomic E-state index is 12.0. The van der Waals surface area contributed by atoms with Gasteiger partial charge >= 0.3 is 6.03 Å². The summed E-state index contributed by atoms with van der Waals surface area (Å²) < 4.78 is 5.27. The molecule has 0 aliphatic carbocycles. The summed E-state index contributed by atoms with van der Waals surface area (Å²) >= 11 is 0. The Morgan fingerprint density at radius 2 is 2.15 bits per heavy atom. The van der Waals surface area contributed by atoms with Gasteiger partial charge in [-0.25, -0.2) is 4.79 Å². The second kappa shape index (κ2) is 5.46. The smallest absolute Gasteiger partial charge is 0.319 e. The number of benzene rings is 1. The van der Waals surface area contributed by atoms with Crippen LogP contribution in [-0.2, 0) is 11.8 Å². The summed E-state index contributed by atoms with van der Waals surface area (Å²) in [5, 5.41) is 14.3. The van der Waals surface area contributed by atoms with Gasteiger partial charge < -0.3 is 15.4 Å². The minimum absolute atomic E-state index is 0.171. The molecule has 0 spiro atoms. The molecule has 2 aromatic rings. The fourth-order valence-electron chi connectivity index (χ4n) is 2.33. The zero-order chi connectivity index (χ0) is 13.9. The topological polar surface area (TPSA) is 81.1 Å². The molecule has 0 atom stereocenters. The van der Waals surface area contributed by atoms with Gasteiger partial charge in [0.1, 0.15) is 11.0 Å². The molecule has 0 radical (unpaired) electrons. The Morgan fingerprint density at radius 3 is 2.95 bits per heavy atom. The molecule has 1 aromatic heterocycles. The van der Waals surface area contributed by atoms with Crippen molar-refractivity contribution >= 4 is 22.8 Å². The molecule has 3 rings (SSSR count). The van der Waals surface area contributed by atoms with E-state index >= 15 is 0 Å². The van der Waals surface area contributed by atoms with Crippen LogP contribution in [0.4, 0.5) is 10.5 Å². The number of hydrogen-bond donors (Lipinski definition) is 2. The number of aromatic nitrogens is 3. The zero-order valence-corrected chi connectivity index (χ0v) is 11.3. The fourth-order valence-corrected chi connectivity index (χ4v) is 2.33. The number of amides is 2. The van der Waals surface area contributed by atoms with E-state index < -0.39 is 0 Å². The van der Waals surface area contributed by atoms with Crippen LogP contribution in [0.5, 0.6) is 0 Å². The van der Waals surface area contributed by atoms with E-state index in [0.29, 0.717) is 24.4 Å². The number of nitrogens with one attached hydrogen (secondary N) is 2. The highest BCUT2D eigenvalue weighted by Gasteiger charge is 2.17. The molecule has 1 aliphatic rings. The van der Waals surface area contributed by atoms with Gasteiger partial charge in [0.15, 0.2) is 0 Å². The third-order valence-electron chi connectivity index (χ3n) is 3.32.